The zero-order valence-corrected chi connectivity index (χ0v) is 34.3. The number of ether oxygens (including phenoxy) is 3. The van der Waals surface area contributed by atoms with Crippen molar-refractivity contribution in [2.75, 3.05) is 13.7 Å². The minimum absolute atomic E-state index is 0.00688. The van der Waals surface area contributed by atoms with Crippen LogP contribution in [0, 0.1) is 10.8 Å². The highest BCUT2D eigenvalue weighted by atomic mass is 28.4. The van der Waals surface area contributed by atoms with E-state index in [0.717, 1.165) is 12.8 Å². The highest BCUT2D eigenvalue weighted by Crippen LogP contribution is 2.51. The molecule has 0 heterocycles. The number of rotatable bonds is 10. The molecule has 2 fully saturated rings. The van der Waals surface area contributed by atoms with Crippen molar-refractivity contribution < 1.29 is 42.6 Å². The van der Waals surface area contributed by atoms with E-state index in [1.54, 1.807) is 0 Å². The van der Waals surface area contributed by atoms with Crippen LogP contribution in [-0.2, 0) is 37.4 Å². The van der Waals surface area contributed by atoms with Gasteiger partial charge in [-0.1, -0.05) is 41.5 Å². The second kappa shape index (κ2) is 14.7. The second-order valence-corrected chi connectivity index (χ2v) is 28.3. The molecule has 2 aliphatic rings. The monoisotopic (exact) mass is 688 g/mol. The van der Waals surface area contributed by atoms with Crippen LogP contribution in [0.15, 0.2) is 0 Å². The molecule has 2 saturated carbocycles. The Bertz CT molecular complexity index is 1040. The molecule has 46 heavy (non-hydrogen) atoms. The number of aliphatic hydroxyl groups excluding tert-OH is 1. The highest BCUT2D eigenvalue weighted by Gasteiger charge is 2.55. The van der Waals surface area contributed by atoms with Crippen LogP contribution in [-0.4, -0.2) is 76.8 Å². The molecule has 0 aromatic rings. The minimum atomic E-state index is -1.89. The summed E-state index contributed by atoms with van der Waals surface area (Å²) in [6.45, 7) is 33.1. The first-order valence-corrected chi connectivity index (χ1v) is 22.6. The molecular formula is C35H68O9Si2. The molecule has 2 aliphatic carbocycles. The fourth-order valence-electron chi connectivity index (χ4n) is 5.34. The lowest BCUT2D eigenvalue weighted by molar-refractivity contribution is -0.177. The smallest absolute Gasteiger partial charge is 0.312 e. The number of methoxy groups -OCH3 is 1. The maximum atomic E-state index is 12.3. The summed E-state index contributed by atoms with van der Waals surface area (Å²) >= 11 is 0. The van der Waals surface area contributed by atoms with Crippen LogP contribution >= 0.6 is 0 Å². The summed E-state index contributed by atoms with van der Waals surface area (Å²) in [4.78, 5) is 36.4. The van der Waals surface area contributed by atoms with E-state index in [0.29, 0.717) is 12.8 Å². The Morgan fingerprint density at radius 3 is 1.30 bits per heavy atom. The van der Waals surface area contributed by atoms with E-state index in [4.69, 9.17) is 23.1 Å². The standard InChI is InChI=1S/C18H34O5Si.C17H34O4Si/c1-16(2,3)22-14(19)12-18(15(20)21-7)10-13(11-18)23-24(8,9)17(4,5)6;1-15(2,3)20-14(19)11-17(12-18)9-13(10-17)21-22(7,8)16(4,5)6/h13H,10-12H2,1-9H3;13,18H,9-12H2,1-8H3. The van der Waals surface area contributed by atoms with Crippen molar-refractivity contribution in [3.63, 3.8) is 0 Å². The summed E-state index contributed by atoms with van der Waals surface area (Å²) in [7, 11) is -2.32. The zero-order chi connectivity index (χ0) is 36.4. The van der Waals surface area contributed by atoms with E-state index in [9.17, 15) is 19.5 Å². The van der Waals surface area contributed by atoms with E-state index < -0.39 is 33.3 Å². The molecular weight excluding hydrogens is 621 g/mol. The lowest BCUT2D eigenvalue weighted by atomic mass is 9.64. The molecule has 0 unspecified atom stereocenters. The van der Waals surface area contributed by atoms with Gasteiger partial charge in [0.2, 0.25) is 0 Å². The minimum Gasteiger partial charge on any atom is -0.469 e. The normalized spacial score (nSPS) is 25.7. The lowest BCUT2D eigenvalue weighted by Crippen LogP contribution is -2.55. The van der Waals surface area contributed by atoms with Crippen LogP contribution in [0.5, 0.6) is 0 Å². The Morgan fingerprint density at radius 2 is 1.00 bits per heavy atom. The fraction of sp³-hybridized carbons (Fsp3) is 0.914. The van der Waals surface area contributed by atoms with Gasteiger partial charge in [0.1, 0.15) is 11.2 Å². The van der Waals surface area contributed by atoms with Crippen LogP contribution < -0.4 is 0 Å². The van der Waals surface area contributed by atoms with Gasteiger partial charge >= 0.3 is 17.9 Å². The van der Waals surface area contributed by atoms with Crippen LogP contribution in [0.3, 0.4) is 0 Å². The van der Waals surface area contributed by atoms with E-state index in [1.165, 1.54) is 7.11 Å². The maximum absolute atomic E-state index is 12.3. The molecule has 0 aromatic carbocycles. The topological polar surface area (TPSA) is 118 Å². The number of carbonyl (C=O) groups is 3. The first kappa shape index (κ1) is 42.7. The molecule has 0 amide bonds. The Labute approximate surface area is 282 Å². The summed E-state index contributed by atoms with van der Waals surface area (Å²) in [5.41, 5.74) is -2.19. The highest BCUT2D eigenvalue weighted by molar-refractivity contribution is 6.74. The van der Waals surface area contributed by atoms with Crippen molar-refractivity contribution in [2.24, 2.45) is 10.8 Å². The second-order valence-electron chi connectivity index (χ2n) is 18.8. The Kier molecular flexibility index (Phi) is 13.6. The number of carbonyl (C=O) groups excluding carboxylic acids is 3. The van der Waals surface area contributed by atoms with Gasteiger partial charge in [-0.3, -0.25) is 14.4 Å². The average molecular weight is 689 g/mol. The van der Waals surface area contributed by atoms with E-state index >= 15 is 0 Å². The molecule has 11 heteroatoms. The van der Waals surface area contributed by atoms with Crippen molar-refractivity contribution in [1.82, 2.24) is 0 Å². The summed E-state index contributed by atoms with van der Waals surface area (Å²) in [6.07, 6.45) is 3.02. The van der Waals surface area contributed by atoms with Crippen LogP contribution in [0.25, 0.3) is 0 Å². The molecule has 2 rings (SSSR count). The van der Waals surface area contributed by atoms with Gasteiger partial charge in [0.25, 0.3) is 0 Å². The number of aliphatic hydroxyl groups is 1. The molecule has 0 aliphatic heterocycles. The first-order valence-electron chi connectivity index (χ1n) is 16.8. The Hall–Kier alpha value is -1.28. The van der Waals surface area contributed by atoms with Crippen LogP contribution in [0.2, 0.25) is 36.3 Å². The van der Waals surface area contributed by atoms with Gasteiger partial charge in [0, 0.05) is 24.2 Å². The predicted octanol–water partition coefficient (Wildman–Crippen LogP) is 7.94. The molecule has 0 atom stereocenters. The van der Waals surface area contributed by atoms with Crippen molar-refractivity contribution in [3.05, 3.63) is 0 Å². The largest absolute Gasteiger partial charge is 0.469 e. The third-order valence-electron chi connectivity index (χ3n) is 9.89. The number of hydrogen-bond acceptors (Lipinski definition) is 9. The number of esters is 3. The van der Waals surface area contributed by atoms with Gasteiger partial charge in [-0.25, -0.2) is 0 Å². The van der Waals surface area contributed by atoms with Crippen molar-refractivity contribution in [2.45, 2.75) is 181 Å². The molecule has 0 aromatic heterocycles. The average Bonchev–Trinajstić information content (AvgIpc) is 2.76. The molecule has 0 bridgehead atoms. The molecule has 9 nitrogen and oxygen atoms in total. The molecule has 0 saturated heterocycles. The van der Waals surface area contributed by atoms with E-state index in [2.05, 4.69) is 67.7 Å². The van der Waals surface area contributed by atoms with Crippen LogP contribution in [0.4, 0.5) is 0 Å². The molecule has 0 radical (unpaired) electrons. The van der Waals surface area contributed by atoms with Crippen molar-refractivity contribution in [1.29, 1.82) is 0 Å². The molecule has 270 valence electrons. The third kappa shape index (κ3) is 12.3. The summed E-state index contributed by atoms with van der Waals surface area (Å²) in [5.74, 6) is -0.936. The van der Waals surface area contributed by atoms with E-state index in [-0.39, 0.29) is 65.1 Å². The van der Waals surface area contributed by atoms with Crippen LogP contribution in [0.1, 0.15) is 122 Å². The molecule has 0 spiro atoms. The predicted molar refractivity (Wildman–Crippen MR) is 187 cm³/mol. The lowest BCUT2D eigenvalue weighted by Gasteiger charge is -2.50. The summed E-state index contributed by atoms with van der Waals surface area (Å²) in [5, 5.41) is 10.00. The first-order chi connectivity index (χ1) is 20.3. The fourth-order valence-corrected chi connectivity index (χ4v) is 8.05. The zero-order valence-electron chi connectivity index (χ0n) is 32.3. The Morgan fingerprint density at radius 1 is 0.652 bits per heavy atom. The van der Waals surface area contributed by atoms with Gasteiger partial charge in [-0.2, -0.15) is 0 Å². The Balaban J connectivity index is 0.000000462. The van der Waals surface area contributed by atoms with Gasteiger partial charge in [-0.05, 0) is 103 Å². The van der Waals surface area contributed by atoms with Gasteiger partial charge in [0.15, 0.2) is 16.6 Å². The van der Waals surface area contributed by atoms with Crippen molar-refractivity contribution >= 4 is 34.5 Å². The quantitative estimate of drug-likeness (QED) is 0.139. The van der Waals surface area contributed by atoms with Crippen molar-refractivity contribution in [3.8, 4) is 0 Å². The SMILES string of the molecule is CC(C)(C)OC(=O)CC1(CO)CC(O[Si](C)(C)C(C)(C)C)C1.COC(=O)C1(CC(=O)OC(C)(C)C)CC(O[Si](C)(C)C(C)(C)C)C1. The van der Waals surface area contributed by atoms with Gasteiger partial charge < -0.3 is 28.2 Å². The van der Waals surface area contributed by atoms with Gasteiger partial charge in [0.05, 0.1) is 25.4 Å². The summed E-state index contributed by atoms with van der Waals surface area (Å²) < 4.78 is 28.4. The number of hydrogen-bond donors (Lipinski definition) is 1. The third-order valence-corrected chi connectivity index (χ3v) is 19.0. The molecule has 1 N–H and O–H groups in total. The maximum Gasteiger partial charge on any atom is 0.312 e. The van der Waals surface area contributed by atoms with E-state index in [1.807, 2.05) is 41.5 Å². The van der Waals surface area contributed by atoms with Gasteiger partial charge in [-0.15, -0.1) is 0 Å². The summed E-state index contributed by atoms with van der Waals surface area (Å²) in [6, 6.07) is 0.